The van der Waals surface area contributed by atoms with Crippen LogP contribution in [-0.2, 0) is 27.1 Å². The number of aromatic nitrogens is 2. The van der Waals surface area contributed by atoms with Crippen molar-refractivity contribution in [1.29, 1.82) is 0 Å². The molecule has 0 radical (unpaired) electrons. The number of nitrogens with zero attached hydrogens (tertiary/aromatic N) is 3. The first kappa shape index (κ1) is 26.8. The fraction of sp³-hybridized carbons (Fsp3) is 0.333. The Kier molecular flexibility index (Phi) is 8.20. The molecule has 3 aromatic rings. The van der Waals surface area contributed by atoms with Gasteiger partial charge in [0, 0.05) is 25.8 Å². The van der Waals surface area contributed by atoms with Crippen LogP contribution < -0.4 is 16.0 Å². The topological polar surface area (TPSA) is 118 Å². The van der Waals surface area contributed by atoms with E-state index in [0.717, 1.165) is 23.2 Å². The predicted molar refractivity (Wildman–Crippen MR) is 144 cm³/mol. The first-order valence-electron chi connectivity index (χ1n) is 12.6. The maximum Gasteiger partial charge on any atom is 0.254 e. The standard InChI is InChI=1S/C27H28ClFN6O4/c1-30-25(36)19-3-2-4-21(29)23(19)33-24-20(28)14-31-27(34-24)32-18-6-5-16-7-9-35(10-8-17(16)13-18)26(37)22-15-38-11-12-39-22/h2-6,13-14,22H,7-12,15H2,1H3,(H,30,36)(H2,31,32,33,34). The summed E-state index contributed by atoms with van der Waals surface area (Å²) in [4.78, 5) is 35.6. The Morgan fingerprint density at radius 1 is 1.10 bits per heavy atom. The van der Waals surface area contributed by atoms with E-state index in [4.69, 9.17) is 21.1 Å². The van der Waals surface area contributed by atoms with Gasteiger partial charge in [-0.25, -0.2) is 9.37 Å². The minimum absolute atomic E-state index is 0.0372. The lowest BCUT2D eigenvalue weighted by Gasteiger charge is -2.28. The molecule has 1 unspecified atom stereocenters. The SMILES string of the molecule is CNC(=O)c1cccc(F)c1Nc1nc(Nc2ccc3c(c2)CCN(C(=O)C2COCCO2)CC3)ncc1Cl. The van der Waals surface area contributed by atoms with E-state index in [2.05, 4.69) is 25.9 Å². The average Bonchev–Trinajstić information content (AvgIpc) is 3.18. The third-order valence-corrected chi connectivity index (χ3v) is 6.92. The smallest absolute Gasteiger partial charge is 0.254 e. The highest BCUT2D eigenvalue weighted by molar-refractivity contribution is 6.33. The lowest BCUT2D eigenvalue weighted by molar-refractivity contribution is -0.157. The van der Waals surface area contributed by atoms with Gasteiger partial charge in [-0.05, 0) is 48.2 Å². The summed E-state index contributed by atoms with van der Waals surface area (Å²) in [6.45, 7) is 2.43. The normalized spacial score (nSPS) is 17.1. The maximum absolute atomic E-state index is 14.6. The minimum Gasteiger partial charge on any atom is -0.376 e. The van der Waals surface area contributed by atoms with Crippen LogP contribution in [0.2, 0.25) is 5.02 Å². The zero-order valence-corrected chi connectivity index (χ0v) is 22.1. The number of benzene rings is 2. The van der Waals surface area contributed by atoms with Crippen molar-refractivity contribution in [3.8, 4) is 0 Å². The van der Waals surface area contributed by atoms with E-state index in [1.165, 1.54) is 31.4 Å². The molecule has 204 valence electrons. The van der Waals surface area contributed by atoms with Crippen molar-refractivity contribution < 1.29 is 23.5 Å². The molecule has 39 heavy (non-hydrogen) atoms. The molecule has 10 nitrogen and oxygen atoms in total. The van der Waals surface area contributed by atoms with E-state index in [-0.39, 0.29) is 40.6 Å². The highest BCUT2D eigenvalue weighted by atomic mass is 35.5. The van der Waals surface area contributed by atoms with Gasteiger partial charge in [-0.2, -0.15) is 4.98 Å². The molecule has 0 spiro atoms. The zero-order chi connectivity index (χ0) is 27.4. The van der Waals surface area contributed by atoms with Gasteiger partial charge in [0.15, 0.2) is 11.9 Å². The number of ether oxygens (including phenoxy) is 2. The summed E-state index contributed by atoms with van der Waals surface area (Å²) in [6.07, 6.45) is 2.27. The second kappa shape index (κ2) is 11.9. The second-order valence-electron chi connectivity index (χ2n) is 9.12. The van der Waals surface area contributed by atoms with Crippen LogP contribution in [-0.4, -0.2) is 72.7 Å². The van der Waals surface area contributed by atoms with Gasteiger partial charge in [0.1, 0.15) is 10.8 Å². The predicted octanol–water partition coefficient (Wildman–Crippen LogP) is 3.46. The van der Waals surface area contributed by atoms with Gasteiger partial charge in [-0.15, -0.1) is 0 Å². The first-order chi connectivity index (χ1) is 18.9. The van der Waals surface area contributed by atoms with Crippen molar-refractivity contribution in [3.05, 3.63) is 70.1 Å². The van der Waals surface area contributed by atoms with E-state index in [0.29, 0.717) is 32.7 Å². The number of para-hydroxylation sites is 1. The molecule has 1 fully saturated rings. The molecular formula is C27H28ClFN6O4. The van der Waals surface area contributed by atoms with Gasteiger partial charge in [0.2, 0.25) is 5.95 Å². The molecule has 3 N–H and O–H groups in total. The number of amides is 2. The molecule has 5 rings (SSSR count). The number of rotatable bonds is 6. The van der Waals surface area contributed by atoms with E-state index < -0.39 is 17.8 Å². The number of anilines is 4. The Balaban J connectivity index is 1.30. The number of fused-ring (bicyclic) bond motifs is 1. The fourth-order valence-corrected chi connectivity index (χ4v) is 4.73. The Bertz CT molecular complexity index is 1380. The summed E-state index contributed by atoms with van der Waals surface area (Å²) >= 11 is 6.29. The molecule has 2 aromatic carbocycles. The summed E-state index contributed by atoms with van der Waals surface area (Å²) in [6, 6.07) is 10.1. The lowest BCUT2D eigenvalue weighted by atomic mass is 10.0. The number of hydrogen-bond acceptors (Lipinski definition) is 8. The number of halogens is 2. The monoisotopic (exact) mass is 554 g/mol. The molecule has 0 saturated carbocycles. The van der Waals surface area contributed by atoms with E-state index in [9.17, 15) is 14.0 Å². The molecule has 12 heteroatoms. The van der Waals surface area contributed by atoms with Gasteiger partial charge in [0.05, 0.1) is 37.3 Å². The summed E-state index contributed by atoms with van der Waals surface area (Å²) in [5.41, 5.74) is 3.10. The average molecular weight is 555 g/mol. The molecule has 3 heterocycles. The number of hydrogen-bond donors (Lipinski definition) is 3. The van der Waals surface area contributed by atoms with E-state index >= 15 is 0 Å². The minimum atomic E-state index is -0.624. The molecule has 1 atom stereocenters. The Hall–Kier alpha value is -3.80. The van der Waals surface area contributed by atoms with Crippen molar-refractivity contribution >= 4 is 46.6 Å². The van der Waals surface area contributed by atoms with Gasteiger partial charge in [0.25, 0.3) is 11.8 Å². The van der Waals surface area contributed by atoms with Crippen molar-refractivity contribution in [2.75, 3.05) is 50.6 Å². The maximum atomic E-state index is 14.6. The van der Waals surface area contributed by atoms with Crippen molar-refractivity contribution in [1.82, 2.24) is 20.2 Å². The quantitative estimate of drug-likeness (QED) is 0.424. The largest absolute Gasteiger partial charge is 0.376 e. The summed E-state index contributed by atoms with van der Waals surface area (Å²) in [7, 11) is 1.47. The number of carbonyl (C=O) groups is 2. The molecule has 2 aliphatic rings. The summed E-state index contributed by atoms with van der Waals surface area (Å²) in [5.74, 6) is -0.738. The zero-order valence-electron chi connectivity index (χ0n) is 21.3. The van der Waals surface area contributed by atoms with Crippen LogP contribution in [0.5, 0.6) is 0 Å². The van der Waals surface area contributed by atoms with Gasteiger partial charge in [-0.1, -0.05) is 23.7 Å². The van der Waals surface area contributed by atoms with Crippen LogP contribution in [0, 0.1) is 5.82 Å². The van der Waals surface area contributed by atoms with Crippen LogP contribution in [0.4, 0.5) is 27.5 Å². The van der Waals surface area contributed by atoms with Crippen LogP contribution in [0.3, 0.4) is 0 Å². The number of nitrogens with one attached hydrogen (secondary N) is 3. The van der Waals surface area contributed by atoms with Crippen LogP contribution in [0.1, 0.15) is 21.5 Å². The first-order valence-corrected chi connectivity index (χ1v) is 13.0. The Morgan fingerprint density at radius 3 is 2.69 bits per heavy atom. The second-order valence-corrected chi connectivity index (χ2v) is 9.53. The van der Waals surface area contributed by atoms with Crippen molar-refractivity contribution in [2.45, 2.75) is 18.9 Å². The molecule has 2 amide bonds. The molecule has 0 aliphatic carbocycles. The third-order valence-electron chi connectivity index (χ3n) is 6.64. The third kappa shape index (κ3) is 6.11. The lowest BCUT2D eigenvalue weighted by Crippen LogP contribution is -2.46. The Morgan fingerprint density at radius 2 is 1.92 bits per heavy atom. The molecule has 1 saturated heterocycles. The van der Waals surface area contributed by atoms with Crippen LogP contribution >= 0.6 is 11.6 Å². The molecule has 1 aromatic heterocycles. The summed E-state index contributed by atoms with van der Waals surface area (Å²) in [5, 5.41) is 8.65. The van der Waals surface area contributed by atoms with Crippen LogP contribution in [0.25, 0.3) is 0 Å². The van der Waals surface area contributed by atoms with E-state index in [1.807, 2.05) is 23.1 Å². The molecule has 0 bridgehead atoms. The van der Waals surface area contributed by atoms with Crippen molar-refractivity contribution in [2.24, 2.45) is 0 Å². The van der Waals surface area contributed by atoms with Gasteiger partial charge < -0.3 is 30.3 Å². The summed E-state index contributed by atoms with van der Waals surface area (Å²) < 4.78 is 25.6. The molecule has 2 aliphatic heterocycles. The van der Waals surface area contributed by atoms with E-state index in [1.54, 1.807) is 0 Å². The Labute approximate surface area is 229 Å². The molecular weight excluding hydrogens is 527 g/mol. The fourth-order valence-electron chi connectivity index (χ4n) is 4.59. The van der Waals surface area contributed by atoms with Crippen molar-refractivity contribution in [3.63, 3.8) is 0 Å². The van der Waals surface area contributed by atoms with Gasteiger partial charge >= 0.3 is 0 Å². The highest BCUT2D eigenvalue weighted by Crippen LogP contribution is 2.29. The van der Waals surface area contributed by atoms with Gasteiger partial charge in [-0.3, -0.25) is 9.59 Å². The highest BCUT2D eigenvalue weighted by Gasteiger charge is 2.28. The number of carbonyl (C=O) groups excluding carboxylic acids is 2. The van der Waals surface area contributed by atoms with Crippen LogP contribution in [0.15, 0.2) is 42.6 Å².